The van der Waals surface area contributed by atoms with Crippen molar-refractivity contribution in [1.29, 1.82) is 0 Å². The van der Waals surface area contributed by atoms with Gasteiger partial charge in [-0.15, -0.1) is 0 Å². The van der Waals surface area contributed by atoms with Crippen LogP contribution in [0.5, 0.6) is 0 Å². The van der Waals surface area contributed by atoms with Gasteiger partial charge >= 0.3 is 0 Å². The smallest absolute Gasteiger partial charge is 0.215 e. The highest BCUT2D eigenvalue weighted by molar-refractivity contribution is 7.90. The van der Waals surface area contributed by atoms with Crippen LogP contribution in [0.15, 0.2) is 12.3 Å². The molecule has 1 aromatic heterocycles. The number of likely N-dealkylation sites (tertiary alicyclic amines) is 1. The van der Waals surface area contributed by atoms with Crippen molar-refractivity contribution in [2.24, 2.45) is 0 Å². The lowest BCUT2D eigenvalue weighted by Gasteiger charge is -2.32. The molecular weight excluding hydrogens is 314 g/mol. The second kappa shape index (κ2) is 7.11. The number of hydrogen-bond donors (Lipinski definition) is 2. The first-order chi connectivity index (χ1) is 11.0. The van der Waals surface area contributed by atoms with Gasteiger partial charge in [-0.3, -0.25) is 4.90 Å². The van der Waals surface area contributed by atoms with E-state index in [1.54, 1.807) is 12.3 Å². The molecule has 0 unspecified atom stereocenters. The molecule has 1 aliphatic heterocycles. The predicted molar refractivity (Wildman–Crippen MR) is 89.1 cm³/mol. The normalized spacial score (nSPS) is 24.1. The van der Waals surface area contributed by atoms with E-state index in [2.05, 4.69) is 19.6 Å². The molecule has 3 N–H and O–H groups in total. The van der Waals surface area contributed by atoms with Crippen LogP contribution in [0.25, 0.3) is 0 Å². The van der Waals surface area contributed by atoms with Crippen LogP contribution in [-0.2, 0) is 16.6 Å². The zero-order valence-corrected chi connectivity index (χ0v) is 14.1. The second-order valence-corrected chi connectivity index (χ2v) is 8.53. The fourth-order valence-electron chi connectivity index (χ4n) is 3.47. The highest BCUT2D eigenvalue weighted by atomic mass is 32.2. The van der Waals surface area contributed by atoms with E-state index in [1.165, 1.54) is 0 Å². The minimum atomic E-state index is -3.26. The van der Waals surface area contributed by atoms with Crippen molar-refractivity contribution in [3.63, 3.8) is 0 Å². The van der Waals surface area contributed by atoms with Crippen LogP contribution in [0.1, 0.15) is 44.3 Å². The molecule has 0 spiro atoms. The molecule has 1 aliphatic carbocycles. The number of hydrogen-bond acceptors (Lipinski definition) is 6. The average Bonchev–Trinajstić information content (AvgIpc) is 3.00. The Balaban J connectivity index is 1.61. The monoisotopic (exact) mass is 339 g/mol. The molecule has 1 atom stereocenters. The number of aromatic nitrogens is 2. The van der Waals surface area contributed by atoms with E-state index < -0.39 is 10.0 Å². The summed E-state index contributed by atoms with van der Waals surface area (Å²) in [7, 11) is -3.26. The molecule has 7 nitrogen and oxygen atoms in total. The van der Waals surface area contributed by atoms with Gasteiger partial charge in [0.1, 0.15) is 11.6 Å². The van der Waals surface area contributed by atoms with Gasteiger partial charge in [-0.25, -0.2) is 23.1 Å². The highest BCUT2D eigenvalue weighted by Gasteiger charge is 2.33. The summed E-state index contributed by atoms with van der Waals surface area (Å²) >= 11 is 0. The zero-order chi connectivity index (χ0) is 16.3. The average molecular weight is 339 g/mol. The molecule has 128 valence electrons. The first-order valence-corrected chi connectivity index (χ1v) is 9.88. The second-order valence-electron chi connectivity index (χ2n) is 6.54. The summed E-state index contributed by atoms with van der Waals surface area (Å²) in [5, 5.41) is -0.349. The lowest BCUT2D eigenvalue weighted by Crippen LogP contribution is -2.48. The molecule has 23 heavy (non-hydrogen) atoms. The Labute approximate surface area is 137 Å². The molecule has 2 fully saturated rings. The van der Waals surface area contributed by atoms with E-state index >= 15 is 0 Å². The van der Waals surface area contributed by atoms with Crippen molar-refractivity contribution in [3.05, 3.63) is 18.1 Å². The number of nitrogens with zero attached hydrogens (tertiary/aromatic N) is 3. The van der Waals surface area contributed by atoms with Crippen LogP contribution >= 0.6 is 0 Å². The van der Waals surface area contributed by atoms with Gasteiger partial charge in [-0.2, -0.15) is 0 Å². The largest absolute Gasteiger partial charge is 0.384 e. The standard InChI is InChI=1S/C15H25N5O2S/c16-14-7-8-17-15(18-14)11-20-9-3-6-13(10-20)23(21,22)19-12-4-1-2-5-12/h7-8,12-13,19H,1-6,9-11H2,(H2,16,17,18)/t13-/m1/s1. The van der Waals surface area contributed by atoms with E-state index in [9.17, 15) is 8.42 Å². The number of anilines is 1. The maximum atomic E-state index is 12.6. The van der Waals surface area contributed by atoms with E-state index in [0.29, 0.717) is 24.7 Å². The summed E-state index contributed by atoms with van der Waals surface area (Å²) in [5.74, 6) is 1.09. The SMILES string of the molecule is Nc1ccnc(CN2CCC[C@@H](S(=O)(=O)NC3CCCC3)C2)n1. The first kappa shape index (κ1) is 16.6. The van der Waals surface area contributed by atoms with Crippen molar-refractivity contribution in [2.45, 2.75) is 56.4 Å². The number of nitrogens with one attached hydrogen (secondary N) is 1. The molecule has 0 radical (unpaired) electrons. The number of sulfonamides is 1. The fraction of sp³-hybridized carbons (Fsp3) is 0.733. The van der Waals surface area contributed by atoms with Gasteiger partial charge in [0, 0.05) is 18.8 Å². The van der Waals surface area contributed by atoms with E-state index in [1.807, 2.05) is 0 Å². The van der Waals surface area contributed by atoms with E-state index in [4.69, 9.17) is 5.73 Å². The third-order valence-electron chi connectivity index (χ3n) is 4.68. The van der Waals surface area contributed by atoms with E-state index in [0.717, 1.165) is 45.1 Å². The molecule has 2 heterocycles. The Morgan fingerprint density at radius 3 is 2.78 bits per heavy atom. The fourth-order valence-corrected chi connectivity index (χ4v) is 5.25. The van der Waals surface area contributed by atoms with Gasteiger partial charge in [-0.1, -0.05) is 12.8 Å². The Hall–Kier alpha value is -1.25. The summed E-state index contributed by atoms with van der Waals surface area (Å²) < 4.78 is 28.1. The third kappa shape index (κ3) is 4.39. The van der Waals surface area contributed by atoms with Crippen molar-refractivity contribution in [1.82, 2.24) is 19.6 Å². The van der Waals surface area contributed by atoms with Gasteiger partial charge in [0.25, 0.3) is 0 Å². The molecular formula is C15H25N5O2S. The summed E-state index contributed by atoms with van der Waals surface area (Å²) in [5.41, 5.74) is 5.68. The molecule has 8 heteroatoms. The molecule has 0 bridgehead atoms. The maximum Gasteiger partial charge on any atom is 0.215 e. The molecule has 1 saturated carbocycles. The van der Waals surface area contributed by atoms with Crippen molar-refractivity contribution < 1.29 is 8.42 Å². The van der Waals surface area contributed by atoms with Gasteiger partial charge in [-0.05, 0) is 38.3 Å². The lowest BCUT2D eigenvalue weighted by atomic mass is 10.1. The number of piperidine rings is 1. The van der Waals surface area contributed by atoms with Crippen molar-refractivity contribution in [2.75, 3.05) is 18.8 Å². The van der Waals surface area contributed by atoms with Gasteiger partial charge in [0.2, 0.25) is 10.0 Å². The Kier molecular flexibility index (Phi) is 5.13. The van der Waals surface area contributed by atoms with Gasteiger partial charge < -0.3 is 5.73 Å². The quantitative estimate of drug-likeness (QED) is 0.826. The molecule has 1 aromatic rings. The molecule has 2 aliphatic rings. The summed E-state index contributed by atoms with van der Waals surface area (Å²) in [4.78, 5) is 10.5. The zero-order valence-electron chi connectivity index (χ0n) is 13.3. The molecule has 0 aromatic carbocycles. The lowest BCUT2D eigenvalue weighted by molar-refractivity contribution is 0.216. The summed E-state index contributed by atoms with van der Waals surface area (Å²) in [6.07, 6.45) is 7.40. The molecule has 1 saturated heterocycles. The Morgan fingerprint density at radius 2 is 2.04 bits per heavy atom. The van der Waals surface area contributed by atoms with Crippen LogP contribution in [-0.4, -0.2) is 47.7 Å². The van der Waals surface area contributed by atoms with Crippen molar-refractivity contribution in [3.8, 4) is 0 Å². The Morgan fingerprint density at radius 1 is 1.26 bits per heavy atom. The number of nitrogen functional groups attached to an aromatic ring is 1. The topological polar surface area (TPSA) is 101 Å². The minimum Gasteiger partial charge on any atom is -0.384 e. The van der Waals surface area contributed by atoms with Crippen molar-refractivity contribution >= 4 is 15.8 Å². The van der Waals surface area contributed by atoms with Crippen LogP contribution in [0, 0.1) is 0 Å². The van der Waals surface area contributed by atoms with Crippen LogP contribution in [0.4, 0.5) is 5.82 Å². The van der Waals surface area contributed by atoms with Gasteiger partial charge in [0.15, 0.2) is 0 Å². The maximum absolute atomic E-state index is 12.6. The Bertz CT molecular complexity index is 631. The third-order valence-corrected chi connectivity index (χ3v) is 6.60. The summed E-state index contributed by atoms with van der Waals surface area (Å²) in [6, 6.07) is 1.78. The van der Waals surface area contributed by atoms with Crippen LogP contribution in [0.3, 0.4) is 0 Å². The predicted octanol–water partition coefficient (Wildman–Crippen LogP) is 0.885. The number of rotatable bonds is 5. The summed E-state index contributed by atoms with van der Waals surface area (Å²) in [6.45, 7) is 1.94. The van der Waals surface area contributed by atoms with Gasteiger partial charge in [0.05, 0.1) is 11.8 Å². The van der Waals surface area contributed by atoms with E-state index in [-0.39, 0.29) is 11.3 Å². The molecule has 3 rings (SSSR count). The highest BCUT2D eigenvalue weighted by Crippen LogP contribution is 2.22. The first-order valence-electron chi connectivity index (χ1n) is 8.34. The van der Waals surface area contributed by atoms with Crippen LogP contribution < -0.4 is 10.5 Å². The van der Waals surface area contributed by atoms with Crippen LogP contribution in [0.2, 0.25) is 0 Å². The minimum absolute atomic E-state index is 0.132. The molecule has 0 amide bonds. The number of nitrogens with two attached hydrogens (primary N) is 1.